The average Bonchev–Trinajstić information content (AvgIpc) is 3.01. The zero-order valence-corrected chi connectivity index (χ0v) is 14.4. The molecule has 20 heavy (non-hydrogen) atoms. The van der Waals surface area contributed by atoms with Crippen molar-refractivity contribution in [2.45, 2.75) is 11.2 Å². The number of halogens is 1. The molecule has 1 aromatic rings. The van der Waals surface area contributed by atoms with Crippen molar-refractivity contribution in [2.24, 2.45) is 11.1 Å². The van der Waals surface area contributed by atoms with Gasteiger partial charge in [0, 0.05) is 23.8 Å². The van der Waals surface area contributed by atoms with Gasteiger partial charge in [0.2, 0.25) is 0 Å². The van der Waals surface area contributed by atoms with Crippen LogP contribution in [0.25, 0.3) is 0 Å². The predicted octanol–water partition coefficient (Wildman–Crippen LogP) is 1.88. The highest BCUT2D eigenvalue weighted by atomic mass is 79.9. The van der Waals surface area contributed by atoms with Crippen LogP contribution in [0.3, 0.4) is 0 Å². The lowest BCUT2D eigenvalue weighted by Gasteiger charge is -2.15. The number of rotatable bonds is 5. The summed E-state index contributed by atoms with van der Waals surface area (Å²) in [6.07, 6.45) is 1.22. The predicted molar refractivity (Wildman–Crippen MR) is 86.6 cm³/mol. The second kappa shape index (κ2) is 5.36. The van der Waals surface area contributed by atoms with E-state index in [1.54, 1.807) is 0 Å². The largest absolute Gasteiger partial charge is 0.393 e. The Bertz CT molecular complexity index is 630. The van der Waals surface area contributed by atoms with Gasteiger partial charge in [-0.05, 0) is 17.7 Å². The third-order valence-corrected chi connectivity index (χ3v) is 6.31. The molecule has 7 heteroatoms. The van der Waals surface area contributed by atoms with Crippen LogP contribution < -0.4 is 5.73 Å². The van der Waals surface area contributed by atoms with Crippen LogP contribution >= 0.6 is 28.1 Å². The van der Waals surface area contributed by atoms with Gasteiger partial charge in [-0.25, -0.2) is 8.42 Å². The summed E-state index contributed by atoms with van der Waals surface area (Å²) >= 11 is 8.50. The fourth-order valence-corrected chi connectivity index (χ4v) is 5.52. The molecule has 2 N–H and O–H groups in total. The summed E-state index contributed by atoms with van der Waals surface area (Å²) in [5, 5.41) is -0.617. The number of thiocarbonyl (C=S) groups is 1. The molecule has 0 spiro atoms. The Morgan fingerprint density at radius 1 is 1.45 bits per heavy atom. The first-order valence-electron chi connectivity index (χ1n) is 5.98. The van der Waals surface area contributed by atoms with Gasteiger partial charge in [-0.2, -0.15) is 0 Å². The Kier molecular flexibility index (Phi) is 4.26. The zero-order chi connectivity index (χ0) is 15.1. The molecular formula is C13H16BrNO3S2. The first-order valence-corrected chi connectivity index (χ1v) is 9.14. The highest BCUT2D eigenvalue weighted by molar-refractivity contribution is 9.10. The van der Waals surface area contributed by atoms with Gasteiger partial charge >= 0.3 is 0 Å². The average molecular weight is 378 g/mol. The van der Waals surface area contributed by atoms with Gasteiger partial charge in [-0.15, -0.1) is 0 Å². The molecule has 0 heterocycles. The van der Waals surface area contributed by atoms with Gasteiger partial charge in [0.1, 0.15) is 0 Å². The first-order chi connectivity index (χ1) is 9.25. The van der Waals surface area contributed by atoms with Crippen molar-refractivity contribution >= 4 is 43.0 Å². The minimum Gasteiger partial charge on any atom is -0.393 e. The molecule has 0 radical (unpaired) electrons. The molecule has 1 fully saturated rings. The monoisotopic (exact) mass is 377 g/mol. The van der Waals surface area contributed by atoms with Crippen molar-refractivity contribution in [3.05, 3.63) is 34.3 Å². The van der Waals surface area contributed by atoms with Gasteiger partial charge in [-0.3, -0.25) is 0 Å². The van der Waals surface area contributed by atoms with E-state index in [1.165, 1.54) is 13.4 Å². The van der Waals surface area contributed by atoms with Gasteiger partial charge < -0.3 is 10.5 Å². The molecule has 0 saturated heterocycles. The van der Waals surface area contributed by atoms with E-state index in [0.29, 0.717) is 0 Å². The zero-order valence-electron chi connectivity index (χ0n) is 11.2. The molecule has 0 amide bonds. The van der Waals surface area contributed by atoms with Crippen molar-refractivity contribution in [2.75, 3.05) is 20.0 Å². The number of nitrogens with two attached hydrogens (primary N) is 1. The molecule has 1 aromatic carbocycles. The van der Waals surface area contributed by atoms with Gasteiger partial charge in [0.05, 0.1) is 22.3 Å². The Balaban J connectivity index is 2.49. The van der Waals surface area contributed by atoms with E-state index < -0.39 is 20.5 Å². The molecule has 0 unspecified atom stereocenters. The Morgan fingerprint density at radius 2 is 2.00 bits per heavy atom. The summed E-state index contributed by atoms with van der Waals surface area (Å²) in [5.41, 5.74) is 5.95. The highest BCUT2D eigenvalue weighted by Gasteiger charge is 2.71. The fourth-order valence-electron chi connectivity index (χ4n) is 2.95. The minimum atomic E-state index is -3.27. The Labute approximate surface area is 132 Å². The van der Waals surface area contributed by atoms with E-state index in [-0.39, 0.29) is 17.5 Å². The van der Waals surface area contributed by atoms with Crippen molar-refractivity contribution < 1.29 is 13.2 Å². The summed E-state index contributed by atoms with van der Waals surface area (Å²) in [6, 6.07) is 7.54. The van der Waals surface area contributed by atoms with E-state index >= 15 is 0 Å². The summed E-state index contributed by atoms with van der Waals surface area (Å²) in [4.78, 5) is 0.197. The van der Waals surface area contributed by atoms with Crippen molar-refractivity contribution in [3.63, 3.8) is 0 Å². The summed E-state index contributed by atoms with van der Waals surface area (Å²) < 4.78 is 30.2. The number of benzene rings is 1. The standard InChI is InChI=1S/C13H16BrNO3S2/c1-18-7-13(12(15)19)10(11(13)20(2,16)17)8-3-5-9(14)6-4-8/h3-6,10-11H,7H2,1-2H3,(H2,15,19)/t10-,11-,13+/m1/s1. The number of ether oxygens (including phenoxy) is 1. The smallest absolute Gasteiger partial charge is 0.152 e. The number of hydrogen-bond acceptors (Lipinski definition) is 4. The van der Waals surface area contributed by atoms with Crippen molar-refractivity contribution in [1.29, 1.82) is 0 Å². The maximum absolute atomic E-state index is 12.1. The highest BCUT2D eigenvalue weighted by Crippen LogP contribution is 2.63. The SMILES string of the molecule is COC[C@]1(C(N)=S)[C@H](c2ccc(Br)cc2)[C@H]1S(C)(=O)=O. The van der Waals surface area contributed by atoms with E-state index in [9.17, 15) is 8.42 Å². The summed E-state index contributed by atoms with van der Waals surface area (Å²) in [6.45, 7) is 0.209. The number of hydrogen-bond donors (Lipinski definition) is 1. The topological polar surface area (TPSA) is 69.4 Å². The normalized spacial score (nSPS) is 29.1. The van der Waals surface area contributed by atoms with Gasteiger partial charge in [-0.1, -0.05) is 40.3 Å². The molecule has 0 aliphatic heterocycles. The second-order valence-electron chi connectivity index (χ2n) is 5.12. The molecule has 0 aromatic heterocycles. The van der Waals surface area contributed by atoms with Crippen LogP contribution in [0.15, 0.2) is 28.7 Å². The summed E-state index contributed by atoms with van der Waals surface area (Å²) in [5.74, 6) is -0.247. The maximum atomic E-state index is 12.1. The molecule has 0 bridgehead atoms. The molecule has 2 rings (SSSR count). The summed E-state index contributed by atoms with van der Waals surface area (Å²) in [7, 11) is -1.75. The molecule has 1 saturated carbocycles. The fraction of sp³-hybridized carbons (Fsp3) is 0.462. The number of sulfone groups is 1. The van der Waals surface area contributed by atoms with Crippen LogP contribution in [-0.2, 0) is 14.6 Å². The van der Waals surface area contributed by atoms with Crippen LogP contribution in [-0.4, -0.2) is 38.6 Å². The third kappa shape index (κ3) is 2.52. The van der Waals surface area contributed by atoms with E-state index in [0.717, 1.165) is 10.0 Å². The molecule has 1 aliphatic carbocycles. The van der Waals surface area contributed by atoms with Crippen molar-refractivity contribution in [3.8, 4) is 0 Å². The van der Waals surface area contributed by atoms with E-state index in [4.69, 9.17) is 22.7 Å². The maximum Gasteiger partial charge on any atom is 0.152 e. The molecule has 4 nitrogen and oxygen atoms in total. The lowest BCUT2D eigenvalue weighted by molar-refractivity contribution is 0.166. The Hall–Kier alpha value is -0.500. The lowest BCUT2D eigenvalue weighted by Crippen LogP contribution is -2.32. The van der Waals surface area contributed by atoms with Crippen LogP contribution in [0.1, 0.15) is 11.5 Å². The molecular weight excluding hydrogens is 362 g/mol. The first kappa shape index (κ1) is 15.9. The van der Waals surface area contributed by atoms with E-state index in [2.05, 4.69) is 15.9 Å². The minimum absolute atomic E-state index is 0.197. The quantitative estimate of drug-likeness (QED) is 0.793. The van der Waals surface area contributed by atoms with Gasteiger partial charge in [0.15, 0.2) is 9.84 Å². The van der Waals surface area contributed by atoms with Crippen LogP contribution in [0, 0.1) is 5.41 Å². The molecule has 3 atom stereocenters. The van der Waals surface area contributed by atoms with Crippen LogP contribution in [0.4, 0.5) is 0 Å². The van der Waals surface area contributed by atoms with Crippen LogP contribution in [0.5, 0.6) is 0 Å². The second-order valence-corrected chi connectivity index (χ2v) is 8.64. The van der Waals surface area contributed by atoms with Gasteiger partial charge in [0.25, 0.3) is 0 Å². The van der Waals surface area contributed by atoms with Crippen molar-refractivity contribution in [1.82, 2.24) is 0 Å². The van der Waals surface area contributed by atoms with E-state index in [1.807, 2.05) is 24.3 Å². The Morgan fingerprint density at radius 3 is 2.40 bits per heavy atom. The lowest BCUT2D eigenvalue weighted by atomic mass is 10.00. The molecule has 1 aliphatic rings. The van der Waals surface area contributed by atoms with Crippen LogP contribution in [0.2, 0.25) is 0 Å². The third-order valence-electron chi connectivity index (χ3n) is 3.79. The molecule has 110 valence electrons. The number of methoxy groups -OCH3 is 1.